The Morgan fingerprint density at radius 1 is 1.10 bits per heavy atom. The number of hydrogen-bond donors (Lipinski definition) is 2. The molecule has 106 valence electrons. The second-order valence-electron chi connectivity index (χ2n) is 5.14. The van der Waals surface area contributed by atoms with Crippen LogP contribution in [-0.2, 0) is 19.3 Å². The van der Waals surface area contributed by atoms with Gasteiger partial charge in [0.05, 0.1) is 0 Å². The van der Waals surface area contributed by atoms with Crippen molar-refractivity contribution in [2.24, 2.45) is 5.84 Å². The van der Waals surface area contributed by atoms with Crippen LogP contribution in [0.3, 0.4) is 0 Å². The fourth-order valence-electron chi connectivity index (χ4n) is 2.33. The van der Waals surface area contributed by atoms with E-state index in [1.807, 2.05) is 12.3 Å². The molecule has 3 heteroatoms. The molecule has 3 N–H and O–H groups in total. The van der Waals surface area contributed by atoms with Gasteiger partial charge in [-0.2, -0.15) is 0 Å². The number of hydrazine groups is 1. The van der Waals surface area contributed by atoms with Crippen molar-refractivity contribution < 1.29 is 0 Å². The molecule has 1 unspecified atom stereocenters. The molecular formula is C17H23N3. The molecule has 1 aromatic carbocycles. The number of hydrogen-bond acceptors (Lipinski definition) is 3. The van der Waals surface area contributed by atoms with Crippen molar-refractivity contribution in [3.8, 4) is 0 Å². The van der Waals surface area contributed by atoms with Gasteiger partial charge in [0.1, 0.15) is 0 Å². The van der Waals surface area contributed by atoms with E-state index in [9.17, 15) is 0 Å². The minimum absolute atomic E-state index is 0.294. The first-order valence-electron chi connectivity index (χ1n) is 7.24. The zero-order valence-corrected chi connectivity index (χ0v) is 12.0. The summed E-state index contributed by atoms with van der Waals surface area (Å²) >= 11 is 0. The first kappa shape index (κ1) is 14.7. The molecule has 1 heterocycles. The van der Waals surface area contributed by atoms with Gasteiger partial charge in [-0.15, -0.1) is 0 Å². The lowest BCUT2D eigenvalue weighted by molar-refractivity contribution is 0.491. The van der Waals surface area contributed by atoms with Crippen molar-refractivity contribution in [3.63, 3.8) is 0 Å². The maximum Gasteiger partial charge on any atom is 0.0299 e. The van der Waals surface area contributed by atoms with Crippen LogP contribution in [0.15, 0.2) is 48.8 Å². The second-order valence-corrected chi connectivity index (χ2v) is 5.14. The minimum atomic E-state index is 0.294. The minimum Gasteiger partial charge on any atom is -0.271 e. The van der Waals surface area contributed by atoms with Crippen LogP contribution in [0.5, 0.6) is 0 Å². The van der Waals surface area contributed by atoms with Crippen molar-refractivity contribution >= 4 is 0 Å². The third kappa shape index (κ3) is 4.44. The molecule has 0 aliphatic heterocycles. The molecular weight excluding hydrogens is 246 g/mol. The predicted octanol–water partition coefficient (Wildman–Crippen LogP) is 2.65. The molecule has 0 bridgehead atoms. The normalized spacial score (nSPS) is 12.3. The quantitative estimate of drug-likeness (QED) is 0.600. The maximum atomic E-state index is 5.68. The summed E-state index contributed by atoms with van der Waals surface area (Å²) in [5, 5.41) is 0. The highest BCUT2D eigenvalue weighted by Crippen LogP contribution is 2.11. The van der Waals surface area contributed by atoms with Crippen LogP contribution in [0, 0.1) is 0 Å². The first-order chi connectivity index (χ1) is 9.81. The Bertz CT molecular complexity index is 493. The highest BCUT2D eigenvalue weighted by Gasteiger charge is 2.08. The third-order valence-electron chi connectivity index (χ3n) is 3.65. The molecule has 0 amide bonds. The van der Waals surface area contributed by atoms with Crippen molar-refractivity contribution in [1.82, 2.24) is 10.4 Å². The van der Waals surface area contributed by atoms with E-state index >= 15 is 0 Å². The molecule has 0 saturated carbocycles. The summed E-state index contributed by atoms with van der Waals surface area (Å²) < 4.78 is 0. The number of rotatable bonds is 7. The average Bonchev–Trinajstić information content (AvgIpc) is 2.53. The fraction of sp³-hybridized carbons (Fsp3) is 0.353. The van der Waals surface area contributed by atoms with Gasteiger partial charge in [0, 0.05) is 18.4 Å². The van der Waals surface area contributed by atoms with Gasteiger partial charge in [-0.1, -0.05) is 37.3 Å². The molecule has 0 fully saturated rings. The molecule has 2 aromatic rings. The van der Waals surface area contributed by atoms with Crippen LogP contribution >= 0.6 is 0 Å². The van der Waals surface area contributed by atoms with Gasteiger partial charge in [0.15, 0.2) is 0 Å². The van der Waals surface area contributed by atoms with Crippen LogP contribution in [0.25, 0.3) is 0 Å². The Morgan fingerprint density at radius 3 is 2.45 bits per heavy atom. The summed E-state index contributed by atoms with van der Waals surface area (Å²) in [5.74, 6) is 5.68. The Hall–Kier alpha value is -1.71. The van der Waals surface area contributed by atoms with Gasteiger partial charge in [-0.05, 0) is 48.4 Å². The number of nitrogens with one attached hydrogen (secondary N) is 1. The van der Waals surface area contributed by atoms with Gasteiger partial charge in [0.2, 0.25) is 0 Å². The van der Waals surface area contributed by atoms with Crippen molar-refractivity contribution in [1.29, 1.82) is 0 Å². The standard InChI is InChI=1S/C17H23N3/c1-2-14-5-7-15(8-6-14)12-17(20-18)10-9-16-4-3-11-19-13-16/h3-8,11,13,17,20H,2,9-10,12,18H2,1H3. The van der Waals surface area contributed by atoms with Crippen LogP contribution in [0.1, 0.15) is 30.0 Å². The van der Waals surface area contributed by atoms with Gasteiger partial charge < -0.3 is 0 Å². The highest BCUT2D eigenvalue weighted by molar-refractivity contribution is 5.23. The Morgan fingerprint density at radius 2 is 1.85 bits per heavy atom. The summed E-state index contributed by atoms with van der Waals surface area (Å²) in [6.45, 7) is 2.17. The van der Waals surface area contributed by atoms with Gasteiger partial charge in [-0.25, -0.2) is 0 Å². The van der Waals surface area contributed by atoms with Crippen molar-refractivity contribution in [3.05, 3.63) is 65.5 Å². The number of nitrogens with zero attached hydrogens (tertiary/aromatic N) is 1. The predicted molar refractivity (Wildman–Crippen MR) is 83.2 cm³/mol. The summed E-state index contributed by atoms with van der Waals surface area (Å²) in [6.07, 6.45) is 7.77. The van der Waals surface area contributed by atoms with E-state index in [4.69, 9.17) is 5.84 Å². The molecule has 0 saturated heterocycles. The van der Waals surface area contributed by atoms with E-state index in [2.05, 4.69) is 47.7 Å². The zero-order valence-electron chi connectivity index (χ0n) is 12.0. The van der Waals surface area contributed by atoms with E-state index in [0.29, 0.717) is 6.04 Å². The van der Waals surface area contributed by atoms with Gasteiger partial charge >= 0.3 is 0 Å². The van der Waals surface area contributed by atoms with E-state index in [0.717, 1.165) is 25.7 Å². The van der Waals surface area contributed by atoms with E-state index in [1.54, 1.807) is 6.20 Å². The van der Waals surface area contributed by atoms with Crippen LogP contribution in [-0.4, -0.2) is 11.0 Å². The maximum absolute atomic E-state index is 5.68. The summed E-state index contributed by atoms with van der Waals surface area (Å²) in [5.41, 5.74) is 6.89. The topological polar surface area (TPSA) is 50.9 Å². The Balaban J connectivity index is 1.88. The summed E-state index contributed by atoms with van der Waals surface area (Å²) in [4.78, 5) is 4.14. The molecule has 2 rings (SSSR count). The average molecular weight is 269 g/mol. The third-order valence-corrected chi connectivity index (χ3v) is 3.65. The number of aromatic nitrogens is 1. The number of nitrogens with two attached hydrogens (primary N) is 1. The van der Waals surface area contributed by atoms with Crippen LogP contribution < -0.4 is 11.3 Å². The van der Waals surface area contributed by atoms with Crippen LogP contribution in [0.4, 0.5) is 0 Å². The molecule has 0 aliphatic carbocycles. The number of pyridine rings is 1. The monoisotopic (exact) mass is 269 g/mol. The smallest absolute Gasteiger partial charge is 0.0299 e. The molecule has 1 atom stereocenters. The largest absolute Gasteiger partial charge is 0.271 e. The van der Waals surface area contributed by atoms with E-state index in [-0.39, 0.29) is 0 Å². The van der Waals surface area contributed by atoms with Crippen molar-refractivity contribution in [2.75, 3.05) is 0 Å². The second kappa shape index (κ2) is 7.78. The highest BCUT2D eigenvalue weighted by atomic mass is 15.2. The molecule has 0 spiro atoms. The summed E-state index contributed by atoms with van der Waals surface area (Å²) in [7, 11) is 0. The van der Waals surface area contributed by atoms with Crippen LogP contribution in [0.2, 0.25) is 0 Å². The van der Waals surface area contributed by atoms with Gasteiger partial charge in [0.25, 0.3) is 0 Å². The molecule has 3 nitrogen and oxygen atoms in total. The number of benzene rings is 1. The van der Waals surface area contributed by atoms with E-state index in [1.165, 1.54) is 16.7 Å². The van der Waals surface area contributed by atoms with Crippen molar-refractivity contribution in [2.45, 2.75) is 38.6 Å². The molecule has 1 aromatic heterocycles. The Kier molecular flexibility index (Phi) is 5.71. The lowest BCUT2D eigenvalue weighted by atomic mass is 9.99. The Labute approximate surface area is 121 Å². The summed E-state index contributed by atoms with van der Waals surface area (Å²) in [6, 6.07) is 13.2. The molecule has 0 radical (unpaired) electrons. The zero-order chi connectivity index (χ0) is 14.2. The fourth-order valence-corrected chi connectivity index (χ4v) is 2.33. The SMILES string of the molecule is CCc1ccc(CC(CCc2cccnc2)NN)cc1. The first-order valence-corrected chi connectivity index (χ1v) is 7.24. The molecule has 0 aliphatic rings. The lowest BCUT2D eigenvalue weighted by Gasteiger charge is -2.16. The lowest BCUT2D eigenvalue weighted by Crippen LogP contribution is -2.37. The molecule has 20 heavy (non-hydrogen) atoms. The van der Waals surface area contributed by atoms with Gasteiger partial charge in [-0.3, -0.25) is 16.3 Å². The van der Waals surface area contributed by atoms with E-state index < -0.39 is 0 Å². The number of aryl methyl sites for hydroxylation is 2.